The lowest BCUT2D eigenvalue weighted by atomic mass is 10.3. The Morgan fingerprint density at radius 1 is 1.40 bits per heavy atom. The first kappa shape index (κ1) is 9.58. The molecule has 0 fully saturated rings. The van der Waals surface area contributed by atoms with Crippen LogP contribution in [0.1, 0.15) is 5.89 Å². The van der Waals surface area contributed by atoms with Crippen molar-refractivity contribution < 1.29 is 4.42 Å². The van der Waals surface area contributed by atoms with E-state index in [2.05, 4.69) is 4.98 Å². The summed E-state index contributed by atoms with van der Waals surface area (Å²) in [5.41, 5.74) is 7.88. The smallest absolute Gasteiger partial charge is 0.221 e. The maximum absolute atomic E-state index is 5.65. The minimum Gasteiger partial charge on any atom is -0.437 e. The Labute approximate surface area is 88.0 Å². The summed E-state index contributed by atoms with van der Waals surface area (Å²) in [6.45, 7) is 0. The standard InChI is InChI=1S/C11H13N3O/c1-14(2)6-5-11-13-9-7-8(12)3-4-10(9)15-11/h3-7H,12H2,1-2H3. The van der Waals surface area contributed by atoms with Crippen LogP contribution in [0, 0.1) is 0 Å². The molecule has 0 aliphatic rings. The second-order valence-electron chi connectivity index (χ2n) is 3.56. The van der Waals surface area contributed by atoms with E-state index in [1.54, 1.807) is 12.1 Å². The number of nitrogens with zero attached hydrogens (tertiary/aromatic N) is 2. The molecule has 1 heterocycles. The van der Waals surface area contributed by atoms with Crippen LogP contribution in [0.25, 0.3) is 17.2 Å². The number of nitrogen functional groups attached to an aromatic ring is 1. The molecule has 4 heteroatoms. The van der Waals surface area contributed by atoms with Crippen molar-refractivity contribution >= 4 is 22.9 Å². The van der Waals surface area contributed by atoms with Gasteiger partial charge in [0.15, 0.2) is 5.58 Å². The molecule has 0 saturated heterocycles. The molecule has 2 N–H and O–H groups in total. The van der Waals surface area contributed by atoms with Crippen LogP contribution in [0.15, 0.2) is 28.8 Å². The third-order valence-electron chi connectivity index (χ3n) is 1.94. The van der Waals surface area contributed by atoms with Crippen LogP contribution in [0.3, 0.4) is 0 Å². The van der Waals surface area contributed by atoms with Gasteiger partial charge in [0.25, 0.3) is 0 Å². The number of aromatic nitrogens is 1. The van der Waals surface area contributed by atoms with E-state index < -0.39 is 0 Å². The molecule has 0 amide bonds. The molecule has 15 heavy (non-hydrogen) atoms. The first-order valence-corrected chi connectivity index (χ1v) is 4.66. The van der Waals surface area contributed by atoms with Crippen LogP contribution in [-0.4, -0.2) is 24.0 Å². The fraction of sp³-hybridized carbons (Fsp3) is 0.182. The second-order valence-corrected chi connectivity index (χ2v) is 3.56. The molecule has 0 unspecified atom stereocenters. The van der Waals surface area contributed by atoms with Gasteiger partial charge in [-0.05, 0) is 18.2 Å². The van der Waals surface area contributed by atoms with Crippen molar-refractivity contribution in [1.82, 2.24) is 9.88 Å². The largest absolute Gasteiger partial charge is 0.437 e. The summed E-state index contributed by atoms with van der Waals surface area (Å²) < 4.78 is 5.49. The summed E-state index contributed by atoms with van der Waals surface area (Å²) in [6, 6.07) is 5.42. The number of rotatable bonds is 2. The Morgan fingerprint density at radius 3 is 2.93 bits per heavy atom. The molecule has 0 aliphatic heterocycles. The molecule has 1 aromatic carbocycles. The maximum atomic E-state index is 5.65. The highest BCUT2D eigenvalue weighted by molar-refractivity contribution is 5.77. The number of oxazole rings is 1. The number of fused-ring (bicyclic) bond motifs is 1. The molecule has 0 radical (unpaired) electrons. The molecule has 78 valence electrons. The molecule has 0 aliphatic carbocycles. The first-order valence-electron chi connectivity index (χ1n) is 4.66. The van der Waals surface area contributed by atoms with E-state index in [0.29, 0.717) is 11.6 Å². The van der Waals surface area contributed by atoms with E-state index in [-0.39, 0.29) is 0 Å². The fourth-order valence-electron chi connectivity index (χ4n) is 1.25. The van der Waals surface area contributed by atoms with Gasteiger partial charge in [-0.3, -0.25) is 0 Å². The highest BCUT2D eigenvalue weighted by Gasteiger charge is 2.02. The van der Waals surface area contributed by atoms with Gasteiger partial charge in [-0.25, -0.2) is 4.98 Å². The van der Waals surface area contributed by atoms with Crippen molar-refractivity contribution in [2.24, 2.45) is 0 Å². The Balaban J connectivity index is 2.39. The first-order chi connectivity index (χ1) is 7.15. The van der Waals surface area contributed by atoms with E-state index >= 15 is 0 Å². The van der Waals surface area contributed by atoms with Crippen molar-refractivity contribution in [3.05, 3.63) is 30.3 Å². The Bertz CT molecular complexity index is 500. The summed E-state index contributed by atoms with van der Waals surface area (Å²) in [4.78, 5) is 6.21. The summed E-state index contributed by atoms with van der Waals surface area (Å²) in [5, 5.41) is 0. The zero-order valence-corrected chi connectivity index (χ0v) is 8.77. The van der Waals surface area contributed by atoms with Crippen molar-refractivity contribution in [2.45, 2.75) is 0 Å². The van der Waals surface area contributed by atoms with Gasteiger partial charge >= 0.3 is 0 Å². The fourth-order valence-corrected chi connectivity index (χ4v) is 1.25. The van der Waals surface area contributed by atoms with Crippen molar-refractivity contribution in [1.29, 1.82) is 0 Å². The van der Waals surface area contributed by atoms with Gasteiger partial charge in [0.1, 0.15) is 5.52 Å². The molecule has 0 saturated carbocycles. The predicted octanol–water partition coefficient (Wildman–Crippen LogP) is 1.94. The van der Waals surface area contributed by atoms with Crippen LogP contribution in [0.2, 0.25) is 0 Å². The van der Waals surface area contributed by atoms with Crippen molar-refractivity contribution in [2.75, 3.05) is 19.8 Å². The summed E-state index contributed by atoms with van der Waals surface area (Å²) >= 11 is 0. The second kappa shape index (κ2) is 3.65. The van der Waals surface area contributed by atoms with E-state index in [4.69, 9.17) is 10.2 Å². The lowest BCUT2D eigenvalue weighted by Gasteiger charge is -2.00. The molecule has 1 aromatic heterocycles. The van der Waals surface area contributed by atoms with E-state index in [0.717, 1.165) is 11.1 Å². The Morgan fingerprint density at radius 2 is 2.20 bits per heavy atom. The van der Waals surface area contributed by atoms with Crippen molar-refractivity contribution in [3.8, 4) is 0 Å². The van der Waals surface area contributed by atoms with Gasteiger partial charge in [0.2, 0.25) is 5.89 Å². The number of hydrogen-bond acceptors (Lipinski definition) is 4. The molecule has 2 rings (SSSR count). The Kier molecular flexibility index (Phi) is 2.33. The van der Waals surface area contributed by atoms with Crippen LogP contribution in [0.4, 0.5) is 5.69 Å². The molecule has 4 nitrogen and oxygen atoms in total. The van der Waals surface area contributed by atoms with Crippen LogP contribution < -0.4 is 5.73 Å². The van der Waals surface area contributed by atoms with Gasteiger partial charge in [-0.15, -0.1) is 0 Å². The molecular formula is C11H13N3O. The lowest BCUT2D eigenvalue weighted by Crippen LogP contribution is -1.99. The number of benzene rings is 1. The van der Waals surface area contributed by atoms with E-state index in [1.807, 2.05) is 37.3 Å². The minimum atomic E-state index is 0.587. The maximum Gasteiger partial charge on any atom is 0.221 e. The minimum absolute atomic E-state index is 0.587. The quantitative estimate of drug-likeness (QED) is 0.758. The summed E-state index contributed by atoms with van der Waals surface area (Å²) in [7, 11) is 3.88. The number of hydrogen-bond donors (Lipinski definition) is 1. The van der Waals surface area contributed by atoms with Gasteiger partial charge in [-0.1, -0.05) is 0 Å². The lowest BCUT2D eigenvalue weighted by molar-refractivity contribution is 0.558. The normalized spacial score (nSPS) is 11.3. The molecule has 0 atom stereocenters. The molecular weight excluding hydrogens is 190 g/mol. The number of anilines is 1. The highest BCUT2D eigenvalue weighted by atomic mass is 16.3. The summed E-state index contributed by atoms with van der Waals surface area (Å²) in [6.07, 6.45) is 3.70. The monoisotopic (exact) mass is 203 g/mol. The van der Waals surface area contributed by atoms with Gasteiger partial charge in [-0.2, -0.15) is 0 Å². The van der Waals surface area contributed by atoms with Crippen LogP contribution in [0.5, 0.6) is 0 Å². The van der Waals surface area contributed by atoms with Gasteiger partial charge in [0, 0.05) is 32.1 Å². The van der Waals surface area contributed by atoms with Gasteiger partial charge in [0.05, 0.1) is 0 Å². The third-order valence-corrected chi connectivity index (χ3v) is 1.94. The van der Waals surface area contributed by atoms with Crippen LogP contribution >= 0.6 is 0 Å². The average molecular weight is 203 g/mol. The topological polar surface area (TPSA) is 55.3 Å². The zero-order valence-electron chi connectivity index (χ0n) is 8.77. The summed E-state index contributed by atoms with van der Waals surface area (Å²) in [5.74, 6) is 0.587. The SMILES string of the molecule is CN(C)C=Cc1nc2cc(N)ccc2o1. The third kappa shape index (κ3) is 2.10. The van der Waals surface area contributed by atoms with Crippen molar-refractivity contribution in [3.63, 3.8) is 0 Å². The predicted molar refractivity (Wildman–Crippen MR) is 61.1 cm³/mol. The van der Waals surface area contributed by atoms with Crippen LogP contribution in [-0.2, 0) is 0 Å². The zero-order chi connectivity index (χ0) is 10.8. The van der Waals surface area contributed by atoms with E-state index in [1.165, 1.54) is 0 Å². The molecule has 0 bridgehead atoms. The van der Waals surface area contributed by atoms with Gasteiger partial charge < -0.3 is 15.1 Å². The molecule has 2 aromatic rings. The average Bonchev–Trinajstić information content (AvgIpc) is 2.56. The Hall–Kier alpha value is -1.97. The van der Waals surface area contributed by atoms with E-state index in [9.17, 15) is 0 Å². The number of nitrogens with two attached hydrogens (primary N) is 1. The molecule has 0 spiro atoms. The highest BCUT2D eigenvalue weighted by Crippen LogP contribution is 2.18.